The largest absolute Gasteiger partial charge is 0.301 e. The number of hydrogen-bond donors (Lipinski definition) is 2. The van der Waals surface area contributed by atoms with Crippen LogP contribution in [-0.2, 0) is 27.8 Å². The Balaban J connectivity index is 1.68. The molecule has 1 atom stereocenters. The van der Waals surface area contributed by atoms with Crippen LogP contribution < -0.4 is 10.0 Å². The molecule has 0 unspecified atom stereocenters. The zero-order valence-corrected chi connectivity index (χ0v) is 16.0. The number of amides is 1. The molecule has 0 spiro atoms. The highest BCUT2D eigenvalue weighted by atomic mass is 32.2. The zero-order chi connectivity index (χ0) is 18.9. The maximum Gasteiger partial charge on any atom is 0.244 e. The molecule has 0 bridgehead atoms. The van der Waals surface area contributed by atoms with Crippen LogP contribution >= 0.6 is 11.3 Å². The van der Waals surface area contributed by atoms with E-state index in [1.165, 1.54) is 30.4 Å². The molecule has 0 radical (unpaired) electrons. The summed E-state index contributed by atoms with van der Waals surface area (Å²) < 4.78 is 40.4. The van der Waals surface area contributed by atoms with E-state index in [1.807, 2.05) is 7.05 Å². The van der Waals surface area contributed by atoms with Crippen LogP contribution in [0.15, 0.2) is 29.2 Å². The van der Waals surface area contributed by atoms with Crippen molar-refractivity contribution >= 4 is 32.4 Å². The van der Waals surface area contributed by atoms with Gasteiger partial charge in [-0.15, -0.1) is 11.3 Å². The van der Waals surface area contributed by atoms with Crippen LogP contribution in [0.25, 0.3) is 0 Å². The smallest absolute Gasteiger partial charge is 0.244 e. The van der Waals surface area contributed by atoms with Crippen LogP contribution in [0.1, 0.15) is 17.5 Å². The van der Waals surface area contributed by atoms with Gasteiger partial charge in [0.15, 0.2) is 5.13 Å². The van der Waals surface area contributed by atoms with Gasteiger partial charge in [-0.1, -0.05) is 12.1 Å². The number of anilines is 1. The van der Waals surface area contributed by atoms with Gasteiger partial charge >= 0.3 is 0 Å². The lowest BCUT2D eigenvalue weighted by Gasteiger charge is -2.20. The van der Waals surface area contributed by atoms with E-state index >= 15 is 0 Å². The Morgan fingerprint density at radius 1 is 1.38 bits per heavy atom. The summed E-state index contributed by atoms with van der Waals surface area (Å²) >= 11 is 1.38. The molecule has 1 aliphatic rings. The fraction of sp³-hybridized carbons (Fsp3) is 0.375. The highest BCUT2D eigenvalue weighted by Crippen LogP contribution is 2.27. The minimum absolute atomic E-state index is 0.437. The zero-order valence-electron chi connectivity index (χ0n) is 14.3. The second-order valence-electron chi connectivity index (χ2n) is 6.14. The van der Waals surface area contributed by atoms with Crippen molar-refractivity contribution in [2.45, 2.75) is 30.8 Å². The molecule has 1 aromatic heterocycles. The van der Waals surface area contributed by atoms with Crippen LogP contribution in [0.3, 0.4) is 0 Å². The molecule has 10 heteroatoms. The van der Waals surface area contributed by atoms with Gasteiger partial charge in [0, 0.05) is 24.4 Å². The molecule has 2 aromatic rings. The summed E-state index contributed by atoms with van der Waals surface area (Å²) in [6, 6.07) is 3.93. The highest BCUT2D eigenvalue weighted by molar-refractivity contribution is 7.89. The normalized spacial score (nSPS) is 16.1. The van der Waals surface area contributed by atoms with E-state index in [4.69, 9.17) is 0 Å². The molecule has 1 aromatic carbocycles. The van der Waals surface area contributed by atoms with Crippen molar-refractivity contribution in [3.8, 4) is 0 Å². The lowest BCUT2D eigenvalue weighted by atomic mass is 10.2. The molecule has 0 saturated heterocycles. The van der Waals surface area contributed by atoms with Crippen molar-refractivity contribution in [2.24, 2.45) is 0 Å². The van der Waals surface area contributed by atoms with Gasteiger partial charge in [0.2, 0.25) is 15.9 Å². The van der Waals surface area contributed by atoms with Crippen molar-refractivity contribution in [2.75, 3.05) is 18.9 Å². The first kappa shape index (κ1) is 18.9. The molecular formula is C16H19FN4O3S2. The monoisotopic (exact) mass is 398 g/mol. The summed E-state index contributed by atoms with van der Waals surface area (Å²) in [5, 5.41) is 3.07. The third-order valence-electron chi connectivity index (χ3n) is 4.00. The molecule has 1 aliphatic heterocycles. The number of carbonyl (C=O) groups excluding carboxylic acids is 1. The molecule has 0 aliphatic carbocycles. The summed E-state index contributed by atoms with van der Waals surface area (Å²) in [5.41, 5.74) is 0.961. The molecule has 3 rings (SSSR count). The molecule has 0 saturated carbocycles. The van der Waals surface area contributed by atoms with Gasteiger partial charge in [-0.2, -0.15) is 4.72 Å². The van der Waals surface area contributed by atoms with Gasteiger partial charge in [-0.05, 0) is 26.1 Å². The van der Waals surface area contributed by atoms with Crippen molar-refractivity contribution in [1.29, 1.82) is 0 Å². The molecule has 2 N–H and O–H groups in total. The van der Waals surface area contributed by atoms with Gasteiger partial charge in [0.1, 0.15) is 10.7 Å². The van der Waals surface area contributed by atoms with Gasteiger partial charge < -0.3 is 10.2 Å². The average Bonchev–Trinajstić information content (AvgIpc) is 2.95. The minimum Gasteiger partial charge on any atom is -0.301 e. The summed E-state index contributed by atoms with van der Waals surface area (Å²) in [6.45, 7) is 3.08. The second-order valence-corrected chi connectivity index (χ2v) is 8.91. The van der Waals surface area contributed by atoms with E-state index < -0.39 is 32.7 Å². The summed E-state index contributed by atoms with van der Waals surface area (Å²) in [5.74, 6) is -1.42. The second kappa shape index (κ2) is 7.39. The molecule has 0 fully saturated rings. The van der Waals surface area contributed by atoms with E-state index in [0.717, 1.165) is 42.2 Å². The van der Waals surface area contributed by atoms with Crippen LogP contribution in [0, 0.1) is 5.82 Å². The summed E-state index contributed by atoms with van der Waals surface area (Å²) in [4.78, 5) is 19.5. The Kier molecular flexibility index (Phi) is 5.37. The predicted octanol–water partition coefficient (Wildman–Crippen LogP) is 1.58. The maximum absolute atomic E-state index is 13.7. The quantitative estimate of drug-likeness (QED) is 0.798. The Labute approximate surface area is 155 Å². The van der Waals surface area contributed by atoms with Crippen molar-refractivity contribution in [1.82, 2.24) is 14.6 Å². The standard InChI is InChI=1S/C16H19FN4O3S2/c1-10(20-26(23,24)14-6-4-3-5-11(14)17)15(22)19-16-18-12-7-8-21(2)9-13(12)25-16/h3-6,10,20H,7-9H2,1-2H3,(H,18,19,22)/t10-/m1/s1. The Morgan fingerprint density at radius 2 is 2.12 bits per heavy atom. The predicted molar refractivity (Wildman–Crippen MR) is 97.0 cm³/mol. The number of carbonyl (C=O) groups is 1. The van der Waals surface area contributed by atoms with E-state index in [0.29, 0.717) is 5.13 Å². The number of hydrogen-bond acceptors (Lipinski definition) is 6. The average molecular weight is 398 g/mol. The number of nitrogens with one attached hydrogen (secondary N) is 2. The lowest BCUT2D eigenvalue weighted by molar-refractivity contribution is -0.117. The number of thiazole rings is 1. The third kappa shape index (κ3) is 4.09. The van der Waals surface area contributed by atoms with Gasteiger partial charge in [0.05, 0.1) is 11.7 Å². The number of nitrogens with zero attached hydrogens (tertiary/aromatic N) is 2. The van der Waals surface area contributed by atoms with E-state index in [1.54, 1.807) is 0 Å². The van der Waals surface area contributed by atoms with Crippen molar-refractivity contribution < 1.29 is 17.6 Å². The Bertz CT molecular complexity index is 929. The number of sulfonamides is 1. The van der Waals surface area contributed by atoms with Crippen LogP contribution in [-0.4, -0.2) is 43.8 Å². The number of fused-ring (bicyclic) bond motifs is 1. The summed E-state index contributed by atoms with van der Waals surface area (Å²) in [7, 11) is -2.13. The molecule has 7 nitrogen and oxygen atoms in total. The SMILES string of the molecule is C[C@@H](NS(=O)(=O)c1ccccc1F)C(=O)Nc1nc2c(s1)CN(C)CC2. The number of rotatable bonds is 5. The molecule has 1 amide bonds. The minimum atomic E-state index is -4.15. The fourth-order valence-electron chi connectivity index (χ4n) is 2.60. The number of benzene rings is 1. The molecule has 26 heavy (non-hydrogen) atoms. The Morgan fingerprint density at radius 3 is 2.85 bits per heavy atom. The van der Waals surface area contributed by atoms with E-state index in [2.05, 4.69) is 19.9 Å². The lowest BCUT2D eigenvalue weighted by Crippen LogP contribution is -2.41. The first-order valence-electron chi connectivity index (χ1n) is 8.01. The van der Waals surface area contributed by atoms with Gasteiger partial charge in [-0.25, -0.2) is 17.8 Å². The molecular weight excluding hydrogens is 379 g/mol. The van der Waals surface area contributed by atoms with Crippen molar-refractivity contribution in [3.63, 3.8) is 0 Å². The van der Waals surface area contributed by atoms with Crippen LogP contribution in [0.5, 0.6) is 0 Å². The topological polar surface area (TPSA) is 91.4 Å². The first-order chi connectivity index (χ1) is 12.3. The van der Waals surface area contributed by atoms with Crippen LogP contribution in [0.4, 0.5) is 9.52 Å². The first-order valence-corrected chi connectivity index (χ1v) is 10.3. The number of aromatic nitrogens is 1. The highest BCUT2D eigenvalue weighted by Gasteiger charge is 2.26. The fourth-order valence-corrected chi connectivity index (χ4v) is 4.98. The third-order valence-corrected chi connectivity index (χ3v) is 6.58. The van der Waals surface area contributed by atoms with Crippen molar-refractivity contribution in [3.05, 3.63) is 40.7 Å². The van der Waals surface area contributed by atoms with E-state index in [-0.39, 0.29) is 0 Å². The van der Waals surface area contributed by atoms with Crippen LogP contribution in [0.2, 0.25) is 0 Å². The van der Waals surface area contributed by atoms with Gasteiger partial charge in [-0.3, -0.25) is 4.79 Å². The molecule has 2 heterocycles. The summed E-state index contributed by atoms with van der Waals surface area (Å²) in [6.07, 6.45) is 0.813. The van der Waals surface area contributed by atoms with Gasteiger partial charge in [0.25, 0.3) is 0 Å². The van der Waals surface area contributed by atoms with E-state index in [9.17, 15) is 17.6 Å². The molecule has 140 valence electrons. The maximum atomic E-state index is 13.7. The Hall–Kier alpha value is -1.88. The number of halogens is 1. The number of likely N-dealkylation sites (N-methyl/N-ethyl adjacent to an activating group) is 1.